The summed E-state index contributed by atoms with van der Waals surface area (Å²) >= 11 is 3.33. The predicted octanol–water partition coefficient (Wildman–Crippen LogP) is 4.34. The molecule has 142 valence electrons. The first kappa shape index (κ1) is 19.2. The number of anilines is 2. The number of halogens is 4. The molecule has 1 N–H and O–H groups in total. The summed E-state index contributed by atoms with van der Waals surface area (Å²) in [5, 5.41) is 2.43. The maximum Gasteiger partial charge on any atom is 0.573 e. The van der Waals surface area contributed by atoms with Crippen LogP contribution in [-0.2, 0) is 9.59 Å². The fraction of sp³-hybridized carbons (Fsp3) is 0.222. The van der Waals surface area contributed by atoms with Gasteiger partial charge < -0.3 is 15.0 Å². The minimum atomic E-state index is -4.87. The molecular formula is C18H14BrF3N2O3. The van der Waals surface area contributed by atoms with Gasteiger partial charge in [0.15, 0.2) is 5.75 Å². The molecule has 1 unspecified atom stereocenters. The number of hydrogen-bond donors (Lipinski definition) is 1. The largest absolute Gasteiger partial charge is 0.573 e. The molecule has 1 aliphatic rings. The predicted molar refractivity (Wildman–Crippen MR) is 96.4 cm³/mol. The molecule has 0 aromatic heterocycles. The summed E-state index contributed by atoms with van der Waals surface area (Å²) in [6.07, 6.45) is -4.90. The van der Waals surface area contributed by atoms with Gasteiger partial charge in [0.05, 0.1) is 11.6 Å². The van der Waals surface area contributed by atoms with Crippen LogP contribution in [-0.4, -0.2) is 24.7 Å². The second-order valence-electron chi connectivity index (χ2n) is 5.92. The van der Waals surface area contributed by atoms with E-state index in [1.807, 2.05) is 6.07 Å². The molecule has 1 aliphatic heterocycles. The van der Waals surface area contributed by atoms with Crippen molar-refractivity contribution in [2.45, 2.75) is 12.8 Å². The van der Waals surface area contributed by atoms with Crippen molar-refractivity contribution < 1.29 is 27.5 Å². The molecule has 1 atom stereocenters. The Morgan fingerprint density at radius 3 is 2.63 bits per heavy atom. The summed E-state index contributed by atoms with van der Waals surface area (Å²) in [5.41, 5.74) is 0.540. The lowest BCUT2D eigenvalue weighted by Gasteiger charge is -2.18. The third kappa shape index (κ3) is 4.79. The number of benzene rings is 2. The van der Waals surface area contributed by atoms with E-state index >= 15 is 0 Å². The number of nitrogens with zero attached hydrogens (tertiary/aromatic N) is 1. The van der Waals surface area contributed by atoms with E-state index in [0.717, 1.165) is 10.5 Å². The molecule has 1 heterocycles. The molecule has 3 rings (SSSR count). The monoisotopic (exact) mass is 442 g/mol. The summed E-state index contributed by atoms with van der Waals surface area (Å²) in [7, 11) is 0. The fourth-order valence-electron chi connectivity index (χ4n) is 2.80. The van der Waals surface area contributed by atoms with Crippen molar-refractivity contribution >= 4 is 39.1 Å². The highest BCUT2D eigenvalue weighted by Crippen LogP contribution is 2.32. The van der Waals surface area contributed by atoms with Gasteiger partial charge in [0.25, 0.3) is 0 Å². The zero-order valence-electron chi connectivity index (χ0n) is 13.8. The van der Waals surface area contributed by atoms with Crippen molar-refractivity contribution in [3.63, 3.8) is 0 Å². The Labute approximate surface area is 161 Å². The molecule has 2 aromatic rings. The molecule has 0 bridgehead atoms. The van der Waals surface area contributed by atoms with Crippen LogP contribution in [0.3, 0.4) is 0 Å². The van der Waals surface area contributed by atoms with Gasteiger partial charge in [-0.2, -0.15) is 0 Å². The van der Waals surface area contributed by atoms with Gasteiger partial charge in [-0.3, -0.25) is 9.59 Å². The number of rotatable bonds is 4. The Morgan fingerprint density at radius 2 is 1.93 bits per heavy atom. The Hall–Kier alpha value is -2.55. The van der Waals surface area contributed by atoms with Crippen molar-refractivity contribution in [2.75, 3.05) is 16.8 Å². The lowest BCUT2D eigenvalue weighted by Crippen LogP contribution is -2.28. The molecule has 0 aliphatic carbocycles. The Bertz CT molecular complexity index is 873. The van der Waals surface area contributed by atoms with E-state index in [9.17, 15) is 22.8 Å². The van der Waals surface area contributed by atoms with Crippen LogP contribution in [0.25, 0.3) is 0 Å². The van der Waals surface area contributed by atoms with Crippen molar-refractivity contribution in [1.82, 2.24) is 0 Å². The van der Waals surface area contributed by atoms with Crippen LogP contribution >= 0.6 is 15.9 Å². The van der Waals surface area contributed by atoms with Gasteiger partial charge in [0.2, 0.25) is 11.8 Å². The SMILES string of the molecule is O=C(Nc1ccccc1OC(F)(F)F)C1CC(=O)N(c2cccc(Br)c2)C1. The number of carbonyl (C=O) groups is 2. The average Bonchev–Trinajstić information content (AvgIpc) is 2.97. The Balaban J connectivity index is 1.72. The average molecular weight is 443 g/mol. The first-order valence-electron chi connectivity index (χ1n) is 7.94. The molecule has 0 saturated carbocycles. The van der Waals surface area contributed by atoms with E-state index in [4.69, 9.17) is 0 Å². The summed E-state index contributed by atoms with van der Waals surface area (Å²) in [6.45, 7) is 0.142. The second-order valence-corrected chi connectivity index (χ2v) is 6.83. The Kier molecular flexibility index (Phi) is 5.41. The zero-order valence-corrected chi connectivity index (χ0v) is 15.4. The lowest BCUT2D eigenvalue weighted by atomic mass is 10.1. The molecule has 5 nitrogen and oxygen atoms in total. The van der Waals surface area contributed by atoms with Crippen LogP contribution in [0, 0.1) is 5.92 Å². The summed E-state index contributed by atoms with van der Waals surface area (Å²) in [4.78, 5) is 26.2. The molecule has 0 spiro atoms. The number of para-hydroxylation sites is 2. The molecular weight excluding hydrogens is 429 g/mol. The normalized spacial score (nSPS) is 17.1. The van der Waals surface area contributed by atoms with E-state index in [0.29, 0.717) is 5.69 Å². The number of nitrogens with one attached hydrogen (secondary N) is 1. The van der Waals surface area contributed by atoms with E-state index in [1.54, 1.807) is 18.2 Å². The van der Waals surface area contributed by atoms with Crippen molar-refractivity contribution in [2.24, 2.45) is 5.92 Å². The summed E-state index contributed by atoms with van der Waals surface area (Å²) in [5.74, 6) is -1.96. The molecule has 2 aromatic carbocycles. The molecule has 2 amide bonds. The third-order valence-electron chi connectivity index (χ3n) is 3.99. The highest BCUT2D eigenvalue weighted by molar-refractivity contribution is 9.10. The number of carbonyl (C=O) groups excluding carboxylic acids is 2. The minimum Gasteiger partial charge on any atom is -0.404 e. The van der Waals surface area contributed by atoms with Gasteiger partial charge in [-0.15, -0.1) is 13.2 Å². The zero-order chi connectivity index (χ0) is 19.6. The maximum atomic E-state index is 12.5. The van der Waals surface area contributed by atoms with E-state index < -0.39 is 23.9 Å². The van der Waals surface area contributed by atoms with Gasteiger partial charge in [-0.1, -0.05) is 34.1 Å². The van der Waals surface area contributed by atoms with Gasteiger partial charge in [0, 0.05) is 23.1 Å². The first-order valence-corrected chi connectivity index (χ1v) is 8.74. The number of amides is 2. The molecule has 1 saturated heterocycles. The Morgan fingerprint density at radius 1 is 1.19 bits per heavy atom. The van der Waals surface area contributed by atoms with Crippen molar-refractivity contribution in [1.29, 1.82) is 0 Å². The second kappa shape index (κ2) is 7.59. The van der Waals surface area contributed by atoms with Crippen molar-refractivity contribution in [3.8, 4) is 5.75 Å². The summed E-state index contributed by atoms with van der Waals surface area (Å²) < 4.78 is 42.2. The van der Waals surface area contributed by atoms with Gasteiger partial charge in [0.1, 0.15) is 0 Å². The van der Waals surface area contributed by atoms with Crippen LogP contribution in [0.15, 0.2) is 53.0 Å². The number of alkyl halides is 3. The molecule has 9 heteroatoms. The van der Waals surface area contributed by atoms with Crippen LogP contribution in [0.4, 0.5) is 24.5 Å². The van der Waals surface area contributed by atoms with Crippen LogP contribution in [0.5, 0.6) is 5.75 Å². The van der Waals surface area contributed by atoms with E-state index in [-0.39, 0.29) is 24.6 Å². The van der Waals surface area contributed by atoms with Crippen LogP contribution < -0.4 is 15.0 Å². The number of hydrogen-bond acceptors (Lipinski definition) is 3. The molecule has 1 fully saturated rings. The lowest BCUT2D eigenvalue weighted by molar-refractivity contribution is -0.274. The van der Waals surface area contributed by atoms with E-state index in [1.165, 1.54) is 23.1 Å². The fourth-order valence-corrected chi connectivity index (χ4v) is 3.18. The topological polar surface area (TPSA) is 58.6 Å². The quantitative estimate of drug-likeness (QED) is 0.765. The first-order chi connectivity index (χ1) is 12.7. The van der Waals surface area contributed by atoms with Gasteiger partial charge in [-0.25, -0.2) is 0 Å². The van der Waals surface area contributed by atoms with Crippen LogP contribution in [0.1, 0.15) is 6.42 Å². The van der Waals surface area contributed by atoms with Crippen molar-refractivity contribution in [3.05, 3.63) is 53.0 Å². The van der Waals surface area contributed by atoms with Gasteiger partial charge >= 0.3 is 6.36 Å². The molecule has 0 radical (unpaired) electrons. The van der Waals surface area contributed by atoms with Gasteiger partial charge in [-0.05, 0) is 30.3 Å². The van der Waals surface area contributed by atoms with E-state index in [2.05, 4.69) is 26.0 Å². The van der Waals surface area contributed by atoms with Crippen LogP contribution in [0.2, 0.25) is 0 Å². The highest BCUT2D eigenvalue weighted by atomic mass is 79.9. The maximum absolute atomic E-state index is 12.5. The molecule has 27 heavy (non-hydrogen) atoms. The third-order valence-corrected chi connectivity index (χ3v) is 4.48. The minimum absolute atomic E-state index is 0.0271. The standard InChI is InChI=1S/C18H14BrF3N2O3/c19-12-4-3-5-13(9-12)24-10-11(8-16(24)25)17(26)23-14-6-1-2-7-15(14)27-18(20,21)22/h1-7,9,11H,8,10H2,(H,23,26). The summed E-state index contributed by atoms with van der Waals surface area (Å²) in [6, 6.07) is 12.3. The number of ether oxygens (including phenoxy) is 1. The highest BCUT2D eigenvalue weighted by Gasteiger charge is 2.36. The smallest absolute Gasteiger partial charge is 0.404 e.